The number of morpholine rings is 1. The number of aromatic nitrogens is 3. The molecule has 2 aliphatic carbocycles. The molecular formula is C24H32F3N5O2. The Bertz CT molecular complexity index is 1030. The average molecular weight is 480 g/mol. The topological polar surface area (TPSA) is 78.4 Å². The van der Waals surface area contributed by atoms with Crippen LogP contribution in [0, 0.1) is 11.8 Å². The maximum atomic E-state index is 12.8. The highest BCUT2D eigenvalue weighted by atomic mass is 19.4. The zero-order chi connectivity index (χ0) is 24.2. The quantitative estimate of drug-likeness (QED) is 0.652. The first-order chi connectivity index (χ1) is 16.2. The van der Waals surface area contributed by atoms with Crippen LogP contribution in [0.15, 0.2) is 18.3 Å². The summed E-state index contributed by atoms with van der Waals surface area (Å²) in [5, 5.41) is 4.80. The highest BCUT2D eigenvalue weighted by Crippen LogP contribution is 2.64. The molecule has 0 amide bonds. The number of nitrogen functional groups attached to an aromatic ring is 1. The Kier molecular flexibility index (Phi) is 6.00. The Morgan fingerprint density at radius 3 is 2.65 bits per heavy atom. The van der Waals surface area contributed by atoms with Crippen molar-refractivity contribution in [2.24, 2.45) is 11.8 Å². The molecule has 186 valence electrons. The molecule has 3 unspecified atom stereocenters. The lowest BCUT2D eigenvalue weighted by Gasteiger charge is -2.38. The molecule has 0 bridgehead atoms. The summed E-state index contributed by atoms with van der Waals surface area (Å²) < 4.78 is 50.1. The van der Waals surface area contributed by atoms with Crippen LogP contribution in [-0.2, 0) is 4.74 Å². The molecule has 2 saturated carbocycles. The molecule has 2 aromatic heterocycles. The summed E-state index contributed by atoms with van der Waals surface area (Å²) in [6.07, 6.45) is -0.126. The zero-order valence-electron chi connectivity index (χ0n) is 19.8. The van der Waals surface area contributed by atoms with E-state index >= 15 is 0 Å². The first-order valence-electron chi connectivity index (χ1n) is 12.1. The lowest BCUT2D eigenvalue weighted by molar-refractivity contribution is -0.274. The maximum absolute atomic E-state index is 12.8. The molecule has 5 rings (SSSR count). The van der Waals surface area contributed by atoms with Crippen LogP contribution in [-0.4, -0.2) is 57.9 Å². The molecule has 1 aliphatic heterocycles. The van der Waals surface area contributed by atoms with E-state index in [1.807, 2.05) is 6.07 Å². The third-order valence-corrected chi connectivity index (χ3v) is 7.83. The number of pyridine rings is 1. The third-order valence-electron chi connectivity index (χ3n) is 7.83. The molecule has 7 nitrogen and oxygen atoms in total. The maximum Gasteiger partial charge on any atom is 0.573 e. The Hall–Kier alpha value is -2.33. The van der Waals surface area contributed by atoms with E-state index in [1.54, 1.807) is 0 Å². The molecule has 1 saturated heterocycles. The molecule has 3 heterocycles. The van der Waals surface area contributed by atoms with E-state index in [2.05, 4.69) is 40.1 Å². The normalized spacial score (nSPS) is 30.2. The summed E-state index contributed by atoms with van der Waals surface area (Å²) in [7, 11) is 0. The van der Waals surface area contributed by atoms with Gasteiger partial charge in [-0.1, -0.05) is 6.92 Å². The third kappa shape index (κ3) is 4.37. The first-order valence-corrected chi connectivity index (χ1v) is 12.1. The van der Waals surface area contributed by atoms with Crippen LogP contribution >= 0.6 is 0 Å². The van der Waals surface area contributed by atoms with Gasteiger partial charge >= 0.3 is 6.36 Å². The van der Waals surface area contributed by atoms with Crippen LogP contribution in [0.4, 0.5) is 19.0 Å². The van der Waals surface area contributed by atoms with Crippen LogP contribution in [0.1, 0.15) is 57.7 Å². The van der Waals surface area contributed by atoms with Gasteiger partial charge in [-0.05, 0) is 57.1 Å². The summed E-state index contributed by atoms with van der Waals surface area (Å²) >= 11 is 0. The van der Waals surface area contributed by atoms with Gasteiger partial charge in [0.05, 0.1) is 18.9 Å². The van der Waals surface area contributed by atoms with Gasteiger partial charge < -0.3 is 15.2 Å². The van der Waals surface area contributed by atoms with Gasteiger partial charge in [0, 0.05) is 48.0 Å². The number of fused-ring (bicyclic) bond motifs is 1. The smallest absolute Gasteiger partial charge is 0.402 e. The van der Waals surface area contributed by atoms with E-state index in [4.69, 9.17) is 15.6 Å². The van der Waals surface area contributed by atoms with Crippen molar-refractivity contribution < 1.29 is 22.6 Å². The molecule has 3 aliphatic rings. The van der Waals surface area contributed by atoms with E-state index < -0.39 is 12.1 Å². The van der Waals surface area contributed by atoms with Crippen molar-refractivity contribution in [1.82, 2.24) is 19.7 Å². The van der Waals surface area contributed by atoms with E-state index in [0.717, 1.165) is 26.2 Å². The highest BCUT2D eigenvalue weighted by Gasteiger charge is 2.59. The number of rotatable bonds is 6. The Morgan fingerprint density at radius 2 is 2.00 bits per heavy atom. The van der Waals surface area contributed by atoms with Gasteiger partial charge in [-0.15, -0.1) is 13.2 Å². The van der Waals surface area contributed by atoms with E-state index in [1.165, 1.54) is 30.8 Å². The predicted octanol–water partition coefficient (Wildman–Crippen LogP) is 4.61. The minimum absolute atomic E-state index is 0.188. The van der Waals surface area contributed by atoms with Gasteiger partial charge in [0.2, 0.25) is 0 Å². The highest BCUT2D eigenvalue weighted by molar-refractivity contribution is 5.64. The fraction of sp³-hybridized carbons (Fsp3) is 0.667. The predicted molar refractivity (Wildman–Crippen MR) is 121 cm³/mol. The number of nitrogens with two attached hydrogens (primary N) is 1. The molecular weight excluding hydrogens is 447 g/mol. The van der Waals surface area contributed by atoms with Gasteiger partial charge in [-0.3, -0.25) is 9.58 Å². The second-order valence-electron chi connectivity index (χ2n) is 9.95. The molecule has 34 heavy (non-hydrogen) atoms. The monoisotopic (exact) mass is 479 g/mol. The van der Waals surface area contributed by atoms with Gasteiger partial charge in [-0.25, -0.2) is 4.98 Å². The van der Waals surface area contributed by atoms with Crippen molar-refractivity contribution in [3.05, 3.63) is 24.0 Å². The van der Waals surface area contributed by atoms with Crippen molar-refractivity contribution >= 4 is 5.82 Å². The molecule has 0 aromatic carbocycles. The van der Waals surface area contributed by atoms with E-state index in [0.29, 0.717) is 41.1 Å². The number of ether oxygens (including phenoxy) is 2. The van der Waals surface area contributed by atoms with Gasteiger partial charge in [0.1, 0.15) is 0 Å². The van der Waals surface area contributed by atoms with Crippen LogP contribution < -0.4 is 10.5 Å². The molecule has 2 aromatic rings. The van der Waals surface area contributed by atoms with Gasteiger partial charge in [0.25, 0.3) is 0 Å². The standard InChI is InChI=1S/C24H32F3N5O2/c1-4-13(2)32-20(22-17-8-16(9-18(17)22)31-5-6-33-12-14(31)3)10-19(30-32)15-7-21(23(28)29-11-15)34-24(25,26)27/h7,10-11,13-14,16-18,22H,4-6,8-9,12H2,1-3H3,(H2,28,29)/t13?,14-,16?,17-,18+,22?/m0/s1. The van der Waals surface area contributed by atoms with Crippen LogP contribution in [0.5, 0.6) is 5.75 Å². The van der Waals surface area contributed by atoms with E-state index in [9.17, 15) is 13.2 Å². The number of alkyl halides is 3. The van der Waals surface area contributed by atoms with Crippen molar-refractivity contribution in [3.8, 4) is 17.0 Å². The summed E-state index contributed by atoms with van der Waals surface area (Å²) in [5.74, 6) is 0.885. The minimum Gasteiger partial charge on any atom is -0.402 e. The number of halogens is 3. The van der Waals surface area contributed by atoms with Crippen molar-refractivity contribution in [2.45, 2.75) is 70.4 Å². The van der Waals surface area contributed by atoms with Gasteiger partial charge in [-0.2, -0.15) is 5.10 Å². The van der Waals surface area contributed by atoms with Crippen LogP contribution in [0.25, 0.3) is 11.3 Å². The molecule has 3 fully saturated rings. The summed E-state index contributed by atoms with van der Waals surface area (Å²) in [4.78, 5) is 6.52. The second-order valence-corrected chi connectivity index (χ2v) is 9.95. The number of nitrogens with zero attached hydrogens (tertiary/aromatic N) is 4. The van der Waals surface area contributed by atoms with Crippen LogP contribution in [0.2, 0.25) is 0 Å². The molecule has 2 N–H and O–H groups in total. The Balaban J connectivity index is 1.38. The minimum atomic E-state index is -4.84. The number of hydrogen-bond donors (Lipinski definition) is 1. The van der Waals surface area contributed by atoms with Gasteiger partial charge in [0.15, 0.2) is 11.6 Å². The Labute approximate surface area is 197 Å². The summed E-state index contributed by atoms with van der Waals surface area (Å²) in [6.45, 7) is 9.07. The first kappa shape index (κ1) is 23.4. The second kappa shape index (κ2) is 8.71. The molecule has 6 atom stereocenters. The zero-order valence-corrected chi connectivity index (χ0v) is 19.8. The largest absolute Gasteiger partial charge is 0.573 e. The Morgan fingerprint density at radius 1 is 1.26 bits per heavy atom. The molecule has 10 heteroatoms. The lowest BCUT2D eigenvalue weighted by Crippen LogP contribution is -2.49. The van der Waals surface area contributed by atoms with E-state index in [-0.39, 0.29) is 11.9 Å². The average Bonchev–Trinajstić information content (AvgIpc) is 3.13. The fourth-order valence-corrected chi connectivity index (χ4v) is 5.93. The fourth-order valence-electron chi connectivity index (χ4n) is 5.93. The van der Waals surface area contributed by atoms with Crippen molar-refractivity contribution in [2.75, 3.05) is 25.5 Å². The molecule has 0 spiro atoms. The summed E-state index contributed by atoms with van der Waals surface area (Å²) in [5.41, 5.74) is 7.84. The van der Waals surface area contributed by atoms with Crippen molar-refractivity contribution in [1.29, 1.82) is 0 Å². The number of hydrogen-bond acceptors (Lipinski definition) is 6. The van der Waals surface area contributed by atoms with Crippen LogP contribution in [0.3, 0.4) is 0 Å². The summed E-state index contributed by atoms with van der Waals surface area (Å²) in [6, 6.07) is 4.54. The van der Waals surface area contributed by atoms with Crippen molar-refractivity contribution in [3.63, 3.8) is 0 Å². The number of anilines is 1. The molecule has 0 radical (unpaired) electrons. The lowest BCUT2D eigenvalue weighted by atomic mass is 10.0. The SMILES string of the molecule is CCC(C)n1nc(-c2cnc(N)c(OC(F)(F)F)c2)cc1C1[C@H]2CC(N3CCOC[C@@H]3C)C[C@@H]12.